The van der Waals surface area contributed by atoms with Crippen LogP contribution in [-0.4, -0.2) is 28.1 Å². The number of rotatable bonds is 7. The third-order valence-corrected chi connectivity index (χ3v) is 6.49. The van der Waals surface area contributed by atoms with Crippen molar-refractivity contribution >= 4 is 15.7 Å². The molecule has 176 valence electrons. The Balaban J connectivity index is 1.26. The van der Waals surface area contributed by atoms with Crippen molar-refractivity contribution in [3.05, 3.63) is 103 Å². The molecule has 0 bridgehead atoms. The van der Waals surface area contributed by atoms with E-state index in [0.29, 0.717) is 29.3 Å². The zero-order chi connectivity index (χ0) is 24.4. The van der Waals surface area contributed by atoms with Crippen LogP contribution in [0.3, 0.4) is 0 Å². The van der Waals surface area contributed by atoms with Crippen molar-refractivity contribution in [1.29, 1.82) is 0 Å². The van der Waals surface area contributed by atoms with E-state index in [2.05, 4.69) is 19.8 Å². The summed E-state index contributed by atoms with van der Waals surface area (Å²) in [5, 5.41) is 3.91. The zero-order valence-corrected chi connectivity index (χ0v) is 18.8. The fraction of sp³-hybridized carbons (Fsp3) is 0.0417. The Morgan fingerprint density at radius 1 is 0.943 bits per heavy atom. The molecule has 0 atom stereocenters. The van der Waals surface area contributed by atoms with Crippen LogP contribution in [0.25, 0.3) is 23.0 Å². The number of aromatic nitrogens is 4. The molecule has 2 heterocycles. The molecular formula is C24H17F2N5O3S. The van der Waals surface area contributed by atoms with Gasteiger partial charge in [-0.15, -0.1) is 0 Å². The van der Waals surface area contributed by atoms with Crippen LogP contribution in [0.5, 0.6) is 0 Å². The average Bonchev–Trinajstić information content (AvgIpc) is 3.51. The first-order chi connectivity index (χ1) is 16.9. The van der Waals surface area contributed by atoms with Gasteiger partial charge < -0.3 is 9.09 Å². The highest BCUT2D eigenvalue weighted by molar-refractivity contribution is 7.92. The maximum atomic E-state index is 13.9. The Hall–Kier alpha value is -4.38. The number of hydrogen-bond acceptors (Lipinski definition) is 6. The monoisotopic (exact) mass is 493 g/mol. The zero-order valence-electron chi connectivity index (χ0n) is 18.0. The molecule has 0 saturated carbocycles. The Morgan fingerprint density at radius 3 is 2.43 bits per heavy atom. The molecule has 0 aliphatic heterocycles. The first-order valence-corrected chi connectivity index (χ1v) is 11.8. The Bertz CT molecular complexity index is 1580. The Morgan fingerprint density at radius 2 is 1.69 bits per heavy atom. The number of sulfonamides is 1. The second-order valence-corrected chi connectivity index (χ2v) is 9.24. The summed E-state index contributed by atoms with van der Waals surface area (Å²) in [6.07, 6.45) is 3.34. The van der Waals surface area contributed by atoms with Crippen molar-refractivity contribution in [3.8, 4) is 23.0 Å². The van der Waals surface area contributed by atoms with Crippen LogP contribution in [0.4, 0.5) is 14.5 Å². The van der Waals surface area contributed by atoms with E-state index in [9.17, 15) is 17.2 Å². The second-order valence-electron chi connectivity index (χ2n) is 7.59. The van der Waals surface area contributed by atoms with Gasteiger partial charge in [0.05, 0.1) is 6.33 Å². The molecule has 8 nitrogen and oxygen atoms in total. The normalized spacial score (nSPS) is 11.5. The lowest BCUT2D eigenvalue weighted by molar-refractivity contribution is 0.431. The van der Waals surface area contributed by atoms with E-state index in [1.165, 1.54) is 30.3 Å². The molecular weight excluding hydrogens is 476 g/mol. The van der Waals surface area contributed by atoms with Crippen LogP contribution >= 0.6 is 0 Å². The molecule has 3 aromatic carbocycles. The summed E-state index contributed by atoms with van der Waals surface area (Å²) in [5.74, 6) is -0.630. The minimum atomic E-state index is -4.05. The predicted octanol–water partition coefficient (Wildman–Crippen LogP) is 4.73. The maximum Gasteiger partial charge on any atom is 0.278 e. The summed E-state index contributed by atoms with van der Waals surface area (Å²) < 4.78 is 61.3. The van der Waals surface area contributed by atoms with Gasteiger partial charge in [-0.25, -0.2) is 22.2 Å². The maximum absolute atomic E-state index is 13.9. The third kappa shape index (κ3) is 4.94. The smallest absolute Gasteiger partial charge is 0.278 e. The highest BCUT2D eigenvalue weighted by Crippen LogP contribution is 2.22. The van der Waals surface area contributed by atoms with Gasteiger partial charge in [-0.2, -0.15) is 4.98 Å². The van der Waals surface area contributed by atoms with Crippen molar-refractivity contribution in [2.75, 3.05) is 4.72 Å². The highest BCUT2D eigenvalue weighted by Gasteiger charge is 2.18. The predicted molar refractivity (Wildman–Crippen MR) is 124 cm³/mol. The molecule has 0 saturated heterocycles. The molecule has 2 aromatic heterocycles. The Labute approximate surface area is 198 Å². The molecule has 0 fully saturated rings. The topological polar surface area (TPSA) is 103 Å². The van der Waals surface area contributed by atoms with Crippen LogP contribution in [0.1, 0.15) is 5.56 Å². The number of anilines is 1. The van der Waals surface area contributed by atoms with Crippen LogP contribution < -0.4 is 4.72 Å². The number of nitrogens with one attached hydrogen (secondary N) is 1. The van der Waals surface area contributed by atoms with E-state index >= 15 is 0 Å². The molecule has 0 unspecified atom stereocenters. The van der Waals surface area contributed by atoms with E-state index < -0.39 is 20.7 Å². The van der Waals surface area contributed by atoms with Crippen molar-refractivity contribution in [1.82, 2.24) is 19.7 Å². The van der Waals surface area contributed by atoms with Crippen LogP contribution in [0.15, 0.2) is 94.7 Å². The number of hydrogen-bond donors (Lipinski definition) is 1. The quantitative estimate of drug-likeness (QED) is 0.352. The summed E-state index contributed by atoms with van der Waals surface area (Å²) in [4.78, 5) is 8.18. The fourth-order valence-corrected chi connectivity index (χ4v) is 4.50. The third-order valence-electron chi connectivity index (χ3n) is 5.08. The molecule has 5 rings (SSSR count). The average molecular weight is 493 g/mol. The number of imidazole rings is 1. The SMILES string of the molecule is O=S(=O)(Nc1ccc(Cn2cnc(-c3nc(-c4ccc(F)cc4)no3)c2)cc1)c1ccccc1F. The number of halogens is 2. The highest BCUT2D eigenvalue weighted by atomic mass is 32.2. The molecule has 1 N–H and O–H groups in total. The van der Waals surface area contributed by atoms with Crippen LogP contribution in [0, 0.1) is 11.6 Å². The summed E-state index contributed by atoms with van der Waals surface area (Å²) >= 11 is 0. The van der Waals surface area contributed by atoms with E-state index in [-0.39, 0.29) is 11.7 Å². The van der Waals surface area contributed by atoms with Gasteiger partial charge in [0.25, 0.3) is 15.9 Å². The lowest BCUT2D eigenvalue weighted by atomic mass is 10.2. The summed E-state index contributed by atoms with van der Waals surface area (Å²) in [6, 6.07) is 17.6. The lowest BCUT2D eigenvalue weighted by Gasteiger charge is -2.10. The molecule has 0 aliphatic carbocycles. The molecule has 0 aliphatic rings. The van der Waals surface area contributed by atoms with Crippen LogP contribution in [0.2, 0.25) is 0 Å². The van der Waals surface area contributed by atoms with Crippen molar-refractivity contribution < 1.29 is 21.7 Å². The van der Waals surface area contributed by atoms with E-state index in [1.807, 2.05) is 0 Å². The number of benzene rings is 3. The lowest BCUT2D eigenvalue weighted by Crippen LogP contribution is -2.14. The Kier molecular flexibility index (Phi) is 5.83. The van der Waals surface area contributed by atoms with Gasteiger partial charge in [-0.3, -0.25) is 4.72 Å². The van der Waals surface area contributed by atoms with Gasteiger partial charge in [0.1, 0.15) is 22.2 Å². The molecule has 35 heavy (non-hydrogen) atoms. The molecule has 0 spiro atoms. The van der Waals surface area contributed by atoms with Gasteiger partial charge in [-0.05, 0) is 54.1 Å². The molecule has 11 heteroatoms. The van der Waals surface area contributed by atoms with Gasteiger partial charge in [0.15, 0.2) is 0 Å². The largest absolute Gasteiger partial charge is 0.332 e. The fourth-order valence-electron chi connectivity index (χ4n) is 3.36. The van der Waals surface area contributed by atoms with E-state index in [1.54, 1.807) is 53.5 Å². The summed E-state index contributed by atoms with van der Waals surface area (Å²) in [5.41, 5.74) is 2.27. The van der Waals surface area contributed by atoms with Crippen LogP contribution in [-0.2, 0) is 16.6 Å². The second kappa shape index (κ2) is 9.11. The first kappa shape index (κ1) is 22.4. The van der Waals surface area contributed by atoms with Gasteiger partial charge in [0.2, 0.25) is 5.82 Å². The van der Waals surface area contributed by atoms with Crippen molar-refractivity contribution in [3.63, 3.8) is 0 Å². The van der Waals surface area contributed by atoms with Gasteiger partial charge in [-0.1, -0.05) is 29.4 Å². The first-order valence-electron chi connectivity index (χ1n) is 10.4. The molecule has 0 radical (unpaired) electrons. The van der Waals surface area contributed by atoms with E-state index in [0.717, 1.165) is 11.6 Å². The van der Waals surface area contributed by atoms with Gasteiger partial charge >= 0.3 is 0 Å². The molecule has 5 aromatic rings. The summed E-state index contributed by atoms with van der Waals surface area (Å²) in [6.45, 7) is 0.451. The minimum absolute atomic E-state index is 0.223. The van der Waals surface area contributed by atoms with Crippen molar-refractivity contribution in [2.45, 2.75) is 11.4 Å². The summed E-state index contributed by atoms with van der Waals surface area (Å²) in [7, 11) is -4.05. The number of nitrogens with zero attached hydrogens (tertiary/aromatic N) is 4. The van der Waals surface area contributed by atoms with E-state index in [4.69, 9.17) is 4.52 Å². The van der Waals surface area contributed by atoms with Crippen molar-refractivity contribution in [2.24, 2.45) is 0 Å². The van der Waals surface area contributed by atoms with Gasteiger partial charge in [0, 0.05) is 24.0 Å². The standard InChI is InChI=1S/C24H17F2N5O3S/c25-18-9-7-17(8-10-18)23-28-24(34-29-23)21-14-31(15-27-21)13-16-5-11-19(12-6-16)30-35(32,33)22-4-2-1-3-20(22)26/h1-12,14-15,30H,13H2. The molecule has 0 amide bonds. The minimum Gasteiger partial charge on any atom is -0.332 e.